The Labute approximate surface area is 156 Å². The van der Waals surface area contributed by atoms with Crippen LogP contribution >= 0.6 is 0 Å². The summed E-state index contributed by atoms with van der Waals surface area (Å²) in [4.78, 5) is 16.9. The first-order chi connectivity index (χ1) is 12.2. The second-order valence-corrected chi connectivity index (χ2v) is 10.2. The number of sulfone groups is 1. The minimum absolute atomic E-state index is 0.0251. The number of methoxy groups -OCH3 is 1. The fourth-order valence-corrected chi connectivity index (χ4v) is 5.94. The van der Waals surface area contributed by atoms with Crippen LogP contribution in [0.1, 0.15) is 26.7 Å². The predicted octanol–water partition coefficient (Wildman–Crippen LogP) is 1.95. The van der Waals surface area contributed by atoms with Crippen LogP contribution in [0.2, 0.25) is 0 Å². The van der Waals surface area contributed by atoms with E-state index in [1.807, 2.05) is 29.2 Å². The van der Waals surface area contributed by atoms with E-state index in [9.17, 15) is 13.2 Å². The van der Waals surface area contributed by atoms with Crippen LogP contribution in [0.3, 0.4) is 0 Å². The molecule has 2 saturated heterocycles. The number of piperazine rings is 1. The number of carbonyl (C=O) groups excluding carboxylic acids is 1. The molecule has 0 N–H and O–H groups in total. The number of hydrogen-bond acceptors (Lipinski definition) is 5. The number of amides is 1. The molecule has 0 unspecified atom stereocenters. The van der Waals surface area contributed by atoms with Gasteiger partial charge in [0.2, 0.25) is 5.91 Å². The third kappa shape index (κ3) is 3.98. The highest BCUT2D eigenvalue weighted by molar-refractivity contribution is 7.91. The number of para-hydroxylation sites is 2. The van der Waals surface area contributed by atoms with Gasteiger partial charge in [-0.05, 0) is 38.3 Å². The van der Waals surface area contributed by atoms with Crippen LogP contribution < -0.4 is 9.64 Å². The van der Waals surface area contributed by atoms with Crippen LogP contribution in [0.4, 0.5) is 5.69 Å². The number of benzene rings is 1. The Morgan fingerprint density at radius 2 is 2.00 bits per heavy atom. The molecule has 0 saturated carbocycles. The van der Waals surface area contributed by atoms with Crippen LogP contribution in [-0.2, 0) is 14.6 Å². The van der Waals surface area contributed by atoms with Gasteiger partial charge in [0.05, 0.1) is 29.8 Å². The van der Waals surface area contributed by atoms with E-state index in [1.165, 1.54) is 0 Å². The molecule has 1 amide bonds. The summed E-state index contributed by atoms with van der Waals surface area (Å²) in [6.07, 6.45) is 0.947. The molecular formula is C19H28N2O4S. The average Bonchev–Trinajstić information content (AvgIpc) is 2.92. The van der Waals surface area contributed by atoms with Gasteiger partial charge in [0.1, 0.15) is 5.75 Å². The Bertz CT molecular complexity index is 775. The summed E-state index contributed by atoms with van der Waals surface area (Å²) in [5.74, 6) is 1.25. The number of anilines is 1. The van der Waals surface area contributed by atoms with Gasteiger partial charge in [-0.3, -0.25) is 4.79 Å². The highest BCUT2D eigenvalue weighted by Crippen LogP contribution is 2.35. The first-order valence-electron chi connectivity index (χ1n) is 9.11. The second kappa shape index (κ2) is 7.10. The van der Waals surface area contributed by atoms with Crippen molar-refractivity contribution in [1.82, 2.24) is 4.90 Å². The third-order valence-electron chi connectivity index (χ3n) is 5.42. The molecule has 3 rings (SSSR count). The molecular weight excluding hydrogens is 352 g/mol. The van der Waals surface area contributed by atoms with Gasteiger partial charge in [-0.1, -0.05) is 12.1 Å². The summed E-state index contributed by atoms with van der Waals surface area (Å²) in [7, 11) is -1.27. The maximum Gasteiger partial charge on any atom is 0.223 e. The number of hydrogen-bond donors (Lipinski definition) is 0. The molecule has 6 nitrogen and oxygen atoms in total. The van der Waals surface area contributed by atoms with Crippen molar-refractivity contribution in [3.05, 3.63) is 24.3 Å². The Morgan fingerprint density at radius 3 is 2.62 bits per heavy atom. The molecule has 7 heteroatoms. The van der Waals surface area contributed by atoms with Gasteiger partial charge in [0.15, 0.2) is 9.84 Å². The fourth-order valence-electron chi connectivity index (χ4n) is 4.08. The van der Waals surface area contributed by atoms with E-state index < -0.39 is 9.84 Å². The van der Waals surface area contributed by atoms with Crippen molar-refractivity contribution in [3.8, 4) is 5.75 Å². The molecule has 0 spiro atoms. The van der Waals surface area contributed by atoms with Gasteiger partial charge in [-0.25, -0.2) is 8.42 Å². The topological polar surface area (TPSA) is 66.9 Å². The molecule has 1 atom stereocenters. The van der Waals surface area contributed by atoms with Gasteiger partial charge >= 0.3 is 0 Å². The van der Waals surface area contributed by atoms with Crippen molar-refractivity contribution in [2.24, 2.45) is 5.92 Å². The quantitative estimate of drug-likeness (QED) is 0.799. The summed E-state index contributed by atoms with van der Waals surface area (Å²) in [5, 5.41) is 0. The van der Waals surface area contributed by atoms with Gasteiger partial charge in [-0.2, -0.15) is 0 Å². The normalized spacial score (nSPS) is 24.5. The Hall–Kier alpha value is -1.76. The lowest BCUT2D eigenvalue weighted by Crippen LogP contribution is -2.60. The van der Waals surface area contributed by atoms with Crippen molar-refractivity contribution < 1.29 is 17.9 Å². The lowest BCUT2D eigenvalue weighted by molar-refractivity contribution is -0.133. The van der Waals surface area contributed by atoms with Crippen LogP contribution in [-0.4, -0.2) is 63.0 Å². The van der Waals surface area contributed by atoms with Crippen LogP contribution in [0, 0.1) is 5.92 Å². The Morgan fingerprint density at radius 1 is 1.27 bits per heavy atom. The highest BCUT2D eigenvalue weighted by Gasteiger charge is 2.38. The van der Waals surface area contributed by atoms with Gasteiger partial charge < -0.3 is 14.5 Å². The number of rotatable bonds is 4. The summed E-state index contributed by atoms with van der Waals surface area (Å²) in [6, 6.07) is 7.93. The zero-order valence-electron chi connectivity index (χ0n) is 15.8. The van der Waals surface area contributed by atoms with Gasteiger partial charge in [0, 0.05) is 26.1 Å². The van der Waals surface area contributed by atoms with Crippen molar-refractivity contribution >= 4 is 21.4 Å². The third-order valence-corrected chi connectivity index (χ3v) is 7.26. The van der Waals surface area contributed by atoms with E-state index >= 15 is 0 Å². The zero-order valence-corrected chi connectivity index (χ0v) is 16.6. The van der Waals surface area contributed by atoms with Crippen LogP contribution in [0.15, 0.2) is 24.3 Å². The molecule has 0 radical (unpaired) electrons. The second-order valence-electron chi connectivity index (χ2n) is 7.92. The van der Waals surface area contributed by atoms with E-state index in [0.717, 1.165) is 18.0 Å². The van der Waals surface area contributed by atoms with Crippen LogP contribution in [0.25, 0.3) is 0 Å². The van der Waals surface area contributed by atoms with Crippen molar-refractivity contribution in [3.63, 3.8) is 0 Å². The van der Waals surface area contributed by atoms with Gasteiger partial charge in [0.25, 0.3) is 0 Å². The fraction of sp³-hybridized carbons (Fsp3) is 0.632. The molecule has 0 aliphatic carbocycles. The number of nitrogens with zero attached hydrogens (tertiary/aromatic N) is 2. The van der Waals surface area contributed by atoms with Crippen LogP contribution in [0.5, 0.6) is 5.75 Å². The Balaban J connectivity index is 1.67. The minimum atomic E-state index is -2.94. The maximum atomic E-state index is 12.7. The zero-order chi connectivity index (χ0) is 18.9. The van der Waals surface area contributed by atoms with Crippen molar-refractivity contribution in [1.29, 1.82) is 0 Å². The molecule has 2 heterocycles. The van der Waals surface area contributed by atoms with Gasteiger partial charge in [-0.15, -0.1) is 0 Å². The minimum Gasteiger partial charge on any atom is -0.495 e. The monoisotopic (exact) mass is 380 g/mol. The van der Waals surface area contributed by atoms with E-state index in [4.69, 9.17) is 4.74 Å². The first kappa shape index (κ1) is 19.0. The standard InChI is InChI=1S/C19H28N2O4S/c1-19(2)14-20(18(22)12-15-8-11-26(23,24)13-15)9-10-21(19)16-6-4-5-7-17(16)25-3/h4-7,15H,8-14H2,1-3H3/t15-/m0/s1. The molecule has 26 heavy (non-hydrogen) atoms. The summed E-state index contributed by atoms with van der Waals surface area (Å²) >= 11 is 0. The maximum absolute atomic E-state index is 12.7. The molecule has 2 aliphatic rings. The number of carbonyl (C=O) groups is 1. The number of ether oxygens (including phenoxy) is 1. The van der Waals surface area contributed by atoms with E-state index in [0.29, 0.717) is 25.9 Å². The molecule has 2 fully saturated rings. The van der Waals surface area contributed by atoms with E-state index in [2.05, 4.69) is 18.7 Å². The first-order valence-corrected chi connectivity index (χ1v) is 10.9. The molecule has 2 aliphatic heterocycles. The lowest BCUT2D eigenvalue weighted by Gasteiger charge is -2.48. The lowest BCUT2D eigenvalue weighted by atomic mass is 9.96. The van der Waals surface area contributed by atoms with E-state index in [-0.39, 0.29) is 28.9 Å². The molecule has 1 aromatic carbocycles. The predicted molar refractivity (Wildman–Crippen MR) is 102 cm³/mol. The summed E-state index contributed by atoms with van der Waals surface area (Å²) < 4.78 is 28.7. The summed E-state index contributed by atoms with van der Waals surface area (Å²) in [5.41, 5.74) is 0.804. The van der Waals surface area contributed by atoms with Crippen molar-refractivity contribution in [2.45, 2.75) is 32.2 Å². The molecule has 144 valence electrons. The Kier molecular flexibility index (Phi) is 5.19. The van der Waals surface area contributed by atoms with Crippen molar-refractivity contribution in [2.75, 3.05) is 43.1 Å². The SMILES string of the molecule is COc1ccccc1N1CCN(C(=O)C[C@@H]2CCS(=O)(=O)C2)CC1(C)C. The van der Waals surface area contributed by atoms with E-state index in [1.54, 1.807) is 7.11 Å². The largest absolute Gasteiger partial charge is 0.495 e. The average molecular weight is 381 g/mol. The summed E-state index contributed by atoms with van der Waals surface area (Å²) in [6.45, 7) is 6.23. The molecule has 0 aromatic heterocycles. The smallest absolute Gasteiger partial charge is 0.223 e. The molecule has 1 aromatic rings. The molecule has 0 bridgehead atoms. The highest BCUT2D eigenvalue weighted by atomic mass is 32.2.